The number of ether oxygens (including phenoxy) is 1. The van der Waals surface area contributed by atoms with Gasteiger partial charge in [0.25, 0.3) is 0 Å². The third kappa shape index (κ3) is 6.97. The van der Waals surface area contributed by atoms with Crippen LogP contribution < -0.4 is 15.8 Å². The first-order valence-electron chi connectivity index (χ1n) is 15.1. The largest absolute Gasteiger partial charge is 0.433 e. The van der Waals surface area contributed by atoms with Gasteiger partial charge in [0, 0.05) is 29.3 Å². The molecule has 14 heteroatoms. The number of nitrogens with two attached hydrogens (primary N) is 1. The molecule has 6 rings (SSSR count). The molecule has 4 N–H and O–H groups in total. The van der Waals surface area contributed by atoms with Gasteiger partial charge in [0.2, 0.25) is 17.4 Å². The van der Waals surface area contributed by atoms with Gasteiger partial charge in [0.1, 0.15) is 21.5 Å². The molecule has 3 heterocycles. The van der Waals surface area contributed by atoms with Crippen LogP contribution in [0.4, 0.5) is 24.7 Å². The third-order valence-electron chi connectivity index (χ3n) is 8.52. The Labute approximate surface area is 269 Å². The number of benzene rings is 2. The number of rotatable bonds is 10. The average Bonchev–Trinajstić information content (AvgIpc) is 3.61. The molecule has 0 amide bonds. The minimum absolute atomic E-state index is 0.0352. The second kappa shape index (κ2) is 12.7. The molecule has 10 nitrogen and oxygen atoms in total. The van der Waals surface area contributed by atoms with E-state index >= 15 is 4.39 Å². The second-order valence-corrected chi connectivity index (χ2v) is 14.3. The molecule has 0 unspecified atom stereocenters. The van der Waals surface area contributed by atoms with E-state index in [4.69, 9.17) is 10.5 Å². The van der Waals surface area contributed by atoms with Crippen LogP contribution in [0.1, 0.15) is 53.7 Å². The van der Waals surface area contributed by atoms with E-state index in [0.29, 0.717) is 40.2 Å². The molecule has 1 saturated carbocycles. The fourth-order valence-corrected chi connectivity index (χ4v) is 6.70. The van der Waals surface area contributed by atoms with E-state index in [0.717, 1.165) is 37.8 Å². The molecule has 5 aromatic rings. The van der Waals surface area contributed by atoms with Gasteiger partial charge in [-0.3, -0.25) is 4.79 Å². The number of hydrogen-bond acceptors (Lipinski definition) is 8. The number of nitrogens with one attached hydrogen (secondary N) is 2. The van der Waals surface area contributed by atoms with Gasteiger partial charge in [-0.25, -0.2) is 31.3 Å². The molecule has 0 spiro atoms. The van der Waals surface area contributed by atoms with Crippen LogP contribution in [0.15, 0.2) is 54.9 Å². The molecule has 0 aliphatic heterocycles. The van der Waals surface area contributed by atoms with Gasteiger partial charge < -0.3 is 20.8 Å². The number of carbonyl (C=O) groups excluding carboxylic acids is 1. The number of hydrogen-bond donors (Lipinski definition) is 3. The number of aryl methyl sites for hydroxylation is 1. The topological polar surface area (TPSA) is 145 Å². The molecule has 246 valence electrons. The number of anilines is 2. The highest BCUT2D eigenvalue weighted by molar-refractivity contribution is 7.90. The van der Waals surface area contributed by atoms with Gasteiger partial charge in [0.05, 0.1) is 40.8 Å². The lowest BCUT2D eigenvalue weighted by Crippen LogP contribution is -2.27. The second-order valence-electron chi connectivity index (χ2n) is 12.0. The van der Waals surface area contributed by atoms with Crippen molar-refractivity contribution >= 4 is 38.0 Å². The summed E-state index contributed by atoms with van der Waals surface area (Å²) in [6.45, 7) is 1.70. The molecule has 1 aliphatic rings. The number of carbonyl (C=O) groups is 1. The van der Waals surface area contributed by atoms with Gasteiger partial charge in [-0.15, -0.1) is 0 Å². The minimum atomic E-state index is -2.99. The standard InChI is InChI=1S/C33H33F3N6O4S/c1-18-12-30(46-32-23(34)4-3-5-24(32)35)38-17-29(18)42-33(37)22(16-39-42)31(43)28-14-20-13-25(36)27(15-26(20)41-28)40-21-8-6-19(7-9-21)10-11-47(2,44)45/h3-5,12-17,19,21,40-41H,6-11,37H2,1-2H3. The fraction of sp³-hybridized carbons (Fsp3) is 0.303. The smallest absolute Gasteiger partial charge is 0.219 e. The molecule has 0 bridgehead atoms. The van der Waals surface area contributed by atoms with Gasteiger partial charge in [0.15, 0.2) is 11.6 Å². The number of sulfone groups is 1. The van der Waals surface area contributed by atoms with E-state index < -0.39 is 38.8 Å². The van der Waals surface area contributed by atoms with Crippen molar-refractivity contribution in [1.82, 2.24) is 19.7 Å². The maximum Gasteiger partial charge on any atom is 0.219 e. The first-order valence-corrected chi connectivity index (χ1v) is 17.2. The van der Waals surface area contributed by atoms with Crippen LogP contribution in [0.2, 0.25) is 0 Å². The molecule has 0 saturated heterocycles. The van der Waals surface area contributed by atoms with Crippen molar-refractivity contribution < 1.29 is 31.1 Å². The Balaban J connectivity index is 1.16. The average molecular weight is 667 g/mol. The minimum Gasteiger partial charge on any atom is -0.433 e. The van der Waals surface area contributed by atoms with E-state index in [9.17, 15) is 22.0 Å². The summed E-state index contributed by atoms with van der Waals surface area (Å²) in [5, 5.41) is 8.06. The first kappa shape index (κ1) is 32.1. The molecule has 3 aromatic heterocycles. The van der Waals surface area contributed by atoms with Crippen LogP contribution in [-0.2, 0) is 9.84 Å². The Bertz CT molecular complexity index is 2070. The van der Waals surface area contributed by atoms with E-state index in [1.54, 1.807) is 19.1 Å². The van der Waals surface area contributed by atoms with Crippen LogP contribution in [0.5, 0.6) is 11.6 Å². The predicted molar refractivity (Wildman–Crippen MR) is 172 cm³/mol. The molecular weight excluding hydrogens is 633 g/mol. The number of fused-ring (bicyclic) bond motifs is 1. The lowest BCUT2D eigenvalue weighted by atomic mass is 9.84. The monoisotopic (exact) mass is 666 g/mol. The molecule has 0 radical (unpaired) electrons. The van der Waals surface area contributed by atoms with Crippen LogP contribution in [0.25, 0.3) is 16.6 Å². The molecule has 0 atom stereocenters. The fourth-order valence-electron chi connectivity index (χ4n) is 5.94. The predicted octanol–water partition coefficient (Wildman–Crippen LogP) is 6.49. The summed E-state index contributed by atoms with van der Waals surface area (Å²) in [5.74, 6) is -2.71. The normalized spacial score (nSPS) is 16.8. The van der Waals surface area contributed by atoms with E-state index in [1.165, 1.54) is 41.5 Å². The van der Waals surface area contributed by atoms with Crippen LogP contribution >= 0.6 is 0 Å². The zero-order chi connectivity index (χ0) is 33.5. The molecule has 1 fully saturated rings. The summed E-state index contributed by atoms with van der Waals surface area (Å²) >= 11 is 0. The maximum atomic E-state index is 15.1. The highest BCUT2D eigenvalue weighted by atomic mass is 32.2. The Hall–Kier alpha value is -4.85. The van der Waals surface area contributed by atoms with Crippen molar-refractivity contribution in [3.63, 3.8) is 0 Å². The summed E-state index contributed by atoms with van der Waals surface area (Å²) in [7, 11) is -2.99. The number of halogens is 3. The summed E-state index contributed by atoms with van der Waals surface area (Å²) in [5.41, 5.74) is 8.51. The summed E-state index contributed by atoms with van der Waals surface area (Å²) < 4.78 is 72.8. The van der Waals surface area contributed by atoms with E-state index in [1.807, 2.05) is 0 Å². The van der Waals surface area contributed by atoms with Gasteiger partial charge >= 0.3 is 0 Å². The molecule has 47 heavy (non-hydrogen) atoms. The highest BCUT2D eigenvalue weighted by Gasteiger charge is 2.24. The SMILES string of the molecule is Cc1cc(Oc2c(F)cccc2F)ncc1-n1ncc(C(=O)c2cc3cc(F)c(NC4CCC(CCS(C)(=O)=O)CC4)cc3[nH]2)c1N. The van der Waals surface area contributed by atoms with Crippen LogP contribution in [0.3, 0.4) is 0 Å². The number of pyridine rings is 1. The molecule has 2 aromatic carbocycles. The quantitative estimate of drug-likeness (QED) is 0.144. The number of nitrogen functional groups attached to an aromatic ring is 1. The highest BCUT2D eigenvalue weighted by Crippen LogP contribution is 2.32. The summed E-state index contributed by atoms with van der Waals surface area (Å²) in [6, 6.07) is 9.44. The molecular formula is C33H33F3N6O4S. The maximum absolute atomic E-state index is 15.1. The lowest BCUT2D eigenvalue weighted by Gasteiger charge is -2.29. The number of ketones is 1. The van der Waals surface area contributed by atoms with Gasteiger partial charge in [-0.1, -0.05) is 6.07 Å². The first-order chi connectivity index (χ1) is 22.4. The van der Waals surface area contributed by atoms with Crippen molar-refractivity contribution in [2.75, 3.05) is 23.1 Å². The number of para-hydroxylation sites is 1. The van der Waals surface area contributed by atoms with Crippen molar-refractivity contribution in [2.24, 2.45) is 5.92 Å². The number of aromatic nitrogens is 4. The summed E-state index contributed by atoms with van der Waals surface area (Å²) in [6.07, 6.45) is 7.93. The van der Waals surface area contributed by atoms with Crippen molar-refractivity contribution in [1.29, 1.82) is 0 Å². The van der Waals surface area contributed by atoms with Gasteiger partial charge in [-0.05, 0) is 80.8 Å². The van der Waals surface area contributed by atoms with Crippen LogP contribution in [0, 0.1) is 30.3 Å². The Morgan fingerprint density at radius 2 is 1.79 bits per heavy atom. The Kier molecular flexibility index (Phi) is 8.70. The zero-order valence-corrected chi connectivity index (χ0v) is 26.5. The Morgan fingerprint density at radius 3 is 2.47 bits per heavy atom. The van der Waals surface area contributed by atoms with Gasteiger partial charge in [-0.2, -0.15) is 5.10 Å². The van der Waals surface area contributed by atoms with Crippen molar-refractivity contribution in [3.8, 4) is 17.3 Å². The molecule has 1 aliphatic carbocycles. The van der Waals surface area contributed by atoms with Crippen molar-refractivity contribution in [2.45, 2.75) is 45.1 Å². The Morgan fingerprint density at radius 1 is 1.06 bits per heavy atom. The third-order valence-corrected chi connectivity index (χ3v) is 9.50. The number of nitrogens with zero attached hydrogens (tertiary/aromatic N) is 3. The lowest BCUT2D eigenvalue weighted by molar-refractivity contribution is 0.103. The zero-order valence-electron chi connectivity index (χ0n) is 25.7. The number of H-pyrrole nitrogens is 1. The van der Waals surface area contributed by atoms with E-state index in [2.05, 4.69) is 20.4 Å². The van der Waals surface area contributed by atoms with E-state index in [-0.39, 0.29) is 34.7 Å². The number of aromatic amines is 1. The van der Waals surface area contributed by atoms with Crippen molar-refractivity contribution in [3.05, 3.63) is 89.1 Å². The van der Waals surface area contributed by atoms with Crippen LogP contribution in [-0.4, -0.2) is 52.0 Å². The summed E-state index contributed by atoms with van der Waals surface area (Å²) in [4.78, 5) is 20.7.